The molecule has 0 aliphatic carbocycles. The summed E-state index contributed by atoms with van der Waals surface area (Å²) in [7, 11) is -3.72. The first-order chi connectivity index (χ1) is 12.8. The van der Waals surface area contributed by atoms with Crippen molar-refractivity contribution in [3.63, 3.8) is 0 Å². The molecule has 0 atom stereocenters. The largest absolute Gasteiger partial charge is 0.342 e. The number of sulfonamides is 1. The van der Waals surface area contributed by atoms with Gasteiger partial charge in [0.25, 0.3) is 0 Å². The molecule has 0 aromatic heterocycles. The molecule has 0 aliphatic heterocycles. The average molecular weight is 389 g/mol. The van der Waals surface area contributed by atoms with Crippen LogP contribution in [-0.4, -0.2) is 38.2 Å². The summed E-state index contributed by atoms with van der Waals surface area (Å²) in [6.45, 7) is 2.20. The van der Waals surface area contributed by atoms with Crippen molar-refractivity contribution in [3.8, 4) is 0 Å². The highest BCUT2D eigenvalue weighted by Gasteiger charge is 2.12. The second-order valence-corrected chi connectivity index (χ2v) is 7.67. The van der Waals surface area contributed by atoms with Gasteiger partial charge in [-0.2, -0.15) is 0 Å². The standard InChI is InChI=1S/C19H23N3O4S/c1-15(23)22(14-12-19(24)21-17-5-3-2-4-6-17)13-11-16-7-9-18(10-8-16)27(20,25)26/h2-10H,11-14H2,1H3,(H,21,24)(H2,20,25,26). The normalized spacial score (nSPS) is 11.0. The third kappa shape index (κ3) is 6.84. The molecule has 7 nitrogen and oxygen atoms in total. The second-order valence-electron chi connectivity index (χ2n) is 6.11. The van der Waals surface area contributed by atoms with E-state index in [-0.39, 0.29) is 23.1 Å². The molecule has 2 rings (SSSR count). The summed E-state index contributed by atoms with van der Waals surface area (Å²) in [5.41, 5.74) is 1.59. The van der Waals surface area contributed by atoms with E-state index >= 15 is 0 Å². The van der Waals surface area contributed by atoms with Gasteiger partial charge in [-0.15, -0.1) is 0 Å². The van der Waals surface area contributed by atoms with E-state index in [1.54, 1.807) is 29.2 Å². The Morgan fingerprint density at radius 3 is 2.19 bits per heavy atom. The third-order valence-corrected chi connectivity index (χ3v) is 4.96. The molecule has 0 heterocycles. The van der Waals surface area contributed by atoms with Crippen LogP contribution < -0.4 is 10.5 Å². The Kier molecular flexibility index (Phi) is 7.09. The molecule has 144 valence electrons. The van der Waals surface area contributed by atoms with Crippen molar-refractivity contribution in [2.24, 2.45) is 5.14 Å². The van der Waals surface area contributed by atoms with Crippen LogP contribution in [0.25, 0.3) is 0 Å². The van der Waals surface area contributed by atoms with Gasteiger partial charge in [-0.1, -0.05) is 30.3 Å². The Morgan fingerprint density at radius 2 is 1.63 bits per heavy atom. The average Bonchev–Trinajstić information content (AvgIpc) is 2.62. The maximum Gasteiger partial charge on any atom is 0.238 e. The van der Waals surface area contributed by atoms with Crippen molar-refractivity contribution in [2.45, 2.75) is 24.7 Å². The van der Waals surface area contributed by atoms with Gasteiger partial charge in [0.2, 0.25) is 21.8 Å². The van der Waals surface area contributed by atoms with Crippen molar-refractivity contribution in [3.05, 3.63) is 60.2 Å². The molecule has 0 fully saturated rings. The van der Waals surface area contributed by atoms with Crippen molar-refractivity contribution < 1.29 is 18.0 Å². The van der Waals surface area contributed by atoms with Gasteiger partial charge in [-0.25, -0.2) is 13.6 Å². The summed E-state index contributed by atoms with van der Waals surface area (Å²) in [6, 6.07) is 15.3. The lowest BCUT2D eigenvalue weighted by Gasteiger charge is -2.21. The van der Waals surface area contributed by atoms with E-state index in [1.165, 1.54) is 19.1 Å². The van der Waals surface area contributed by atoms with Crippen molar-refractivity contribution >= 4 is 27.5 Å². The van der Waals surface area contributed by atoms with Crippen molar-refractivity contribution in [1.82, 2.24) is 4.90 Å². The van der Waals surface area contributed by atoms with Gasteiger partial charge in [-0.05, 0) is 36.2 Å². The summed E-state index contributed by atoms with van der Waals surface area (Å²) >= 11 is 0. The minimum Gasteiger partial charge on any atom is -0.342 e. The zero-order valence-electron chi connectivity index (χ0n) is 15.1. The zero-order chi connectivity index (χ0) is 19.9. The number of nitrogens with zero attached hydrogens (tertiary/aromatic N) is 1. The van der Waals surface area contributed by atoms with E-state index in [2.05, 4.69) is 5.32 Å². The SMILES string of the molecule is CC(=O)N(CCC(=O)Nc1ccccc1)CCc1ccc(S(N)(=O)=O)cc1. The number of hydrogen-bond acceptors (Lipinski definition) is 4. The highest BCUT2D eigenvalue weighted by atomic mass is 32.2. The van der Waals surface area contributed by atoms with Crippen LogP contribution in [0.4, 0.5) is 5.69 Å². The van der Waals surface area contributed by atoms with Crippen molar-refractivity contribution in [1.29, 1.82) is 0 Å². The number of nitrogens with two attached hydrogens (primary N) is 1. The number of para-hydroxylation sites is 1. The number of nitrogens with one attached hydrogen (secondary N) is 1. The van der Waals surface area contributed by atoms with Gasteiger partial charge in [0, 0.05) is 32.1 Å². The van der Waals surface area contributed by atoms with E-state index in [1.807, 2.05) is 18.2 Å². The molecule has 2 aromatic carbocycles. The Labute approximate surface area is 159 Å². The molecule has 0 saturated heterocycles. The molecule has 3 N–H and O–H groups in total. The summed E-state index contributed by atoms with van der Waals surface area (Å²) in [6.07, 6.45) is 0.740. The van der Waals surface area contributed by atoms with E-state index < -0.39 is 10.0 Å². The van der Waals surface area contributed by atoms with Crippen LogP contribution in [0.3, 0.4) is 0 Å². The molecule has 2 aromatic rings. The van der Waals surface area contributed by atoms with Gasteiger partial charge in [-0.3, -0.25) is 9.59 Å². The topological polar surface area (TPSA) is 110 Å². The fraction of sp³-hybridized carbons (Fsp3) is 0.263. The van der Waals surface area contributed by atoms with Crippen LogP contribution in [0, 0.1) is 0 Å². The minimum atomic E-state index is -3.72. The lowest BCUT2D eigenvalue weighted by atomic mass is 10.1. The Morgan fingerprint density at radius 1 is 1.00 bits per heavy atom. The van der Waals surface area contributed by atoms with E-state index in [4.69, 9.17) is 5.14 Å². The summed E-state index contributed by atoms with van der Waals surface area (Å²) in [5.74, 6) is -0.284. The first kappa shape index (κ1) is 20.6. The number of carbonyl (C=O) groups is 2. The number of amides is 2. The fourth-order valence-corrected chi connectivity index (χ4v) is 3.03. The maximum atomic E-state index is 12.0. The maximum absolute atomic E-state index is 12.0. The van der Waals surface area contributed by atoms with Crippen LogP contribution in [0.5, 0.6) is 0 Å². The first-order valence-electron chi connectivity index (χ1n) is 8.48. The van der Waals surface area contributed by atoms with Crippen molar-refractivity contribution in [2.75, 3.05) is 18.4 Å². The van der Waals surface area contributed by atoms with E-state index in [0.29, 0.717) is 25.2 Å². The van der Waals surface area contributed by atoms with Gasteiger partial charge in [0.1, 0.15) is 0 Å². The van der Waals surface area contributed by atoms with Gasteiger partial charge >= 0.3 is 0 Å². The predicted molar refractivity (Wildman–Crippen MR) is 103 cm³/mol. The molecule has 0 saturated carbocycles. The summed E-state index contributed by atoms with van der Waals surface area (Å²) in [5, 5.41) is 7.86. The van der Waals surface area contributed by atoms with Gasteiger partial charge in [0.15, 0.2) is 0 Å². The Hall–Kier alpha value is -2.71. The molecule has 2 amide bonds. The monoisotopic (exact) mass is 389 g/mol. The number of carbonyl (C=O) groups excluding carboxylic acids is 2. The quantitative estimate of drug-likeness (QED) is 0.717. The molecule has 0 radical (unpaired) electrons. The molecule has 0 spiro atoms. The minimum absolute atomic E-state index is 0.0484. The van der Waals surface area contributed by atoms with E-state index in [9.17, 15) is 18.0 Å². The molecule has 0 aliphatic rings. The third-order valence-electron chi connectivity index (χ3n) is 4.03. The number of primary sulfonamides is 1. The highest BCUT2D eigenvalue weighted by molar-refractivity contribution is 7.89. The van der Waals surface area contributed by atoms with Crippen LogP contribution in [-0.2, 0) is 26.0 Å². The molecule has 0 bridgehead atoms. The predicted octanol–water partition coefficient (Wildman–Crippen LogP) is 1.75. The van der Waals surface area contributed by atoms with E-state index in [0.717, 1.165) is 5.56 Å². The Bertz CT molecular complexity index is 881. The number of hydrogen-bond donors (Lipinski definition) is 2. The van der Waals surface area contributed by atoms with Crippen LogP contribution in [0.15, 0.2) is 59.5 Å². The Balaban J connectivity index is 1.86. The summed E-state index contributed by atoms with van der Waals surface area (Å²) in [4.78, 5) is 25.5. The number of rotatable bonds is 8. The molecule has 0 unspecified atom stereocenters. The fourth-order valence-electron chi connectivity index (χ4n) is 2.52. The molecular formula is C19H23N3O4S. The lowest BCUT2D eigenvalue weighted by Crippen LogP contribution is -2.33. The number of anilines is 1. The second kappa shape index (κ2) is 9.29. The molecule has 27 heavy (non-hydrogen) atoms. The molecular weight excluding hydrogens is 366 g/mol. The molecule has 8 heteroatoms. The van der Waals surface area contributed by atoms with Gasteiger partial charge < -0.3 is 10.2 Å². The smallest absolute Gasteiger partial charge is 0.238 e. The number of benzene rings is 2. The van der Waals surface area contributed by atoms with Crippen LogP contribution >= 0.6 is 0 Å². The first-order valence-corrected chi connectivity index (χ1v) is 10.0. The zero-order valence-corrected chi connectivity index (χ0v) is 15.9. The van der Waals surface area contributed by atoms with Crippen LogP contribution in [0.1, 0.15) is 18.9 Å². The van der Waals surface area contributed by atoms with Gasteiger partial charge in [0.05, 0.1) is 4.90 Å². The van der Waals surface area contributed by atoms with Crippen LogP contribution in [0.2, 0.25) is 0 Å². The summed E-state index contributed by atoms with van der Waals surface area (Å²) < 4.78 is 22.5. The lowest BCUT2D eigenvalue weighted by molar-refractivity contribution is -0.129. The highest BCUT2D eigenvalue weighted by Crippen LogP contribution is 2.10.